The van der Waals surface area contributed by atoms with Gasteiger partial charge in [0.25, 0.3) is 5.91 Å². The summed E-state index contributed by atoms with van der Waals surface area (Å²) < 4.78 is 17.9. The molecule has 0 aliphatic carbocycles. The summed E-state index contributed by atoms with van der Waals surface area (Å²) in [5, 5.41) is 3.99. The Labute approximate surface area is 189 Å². The van der Waals surface area contributed by atoms with Gasteiger partial charge < -0.3 is 14.5 Å². The van der Waals surface area contributed by atoms with Crippen LogP contribution < -0.4 is 5.32 Å². The SMILES string of the molecule is Cc1cccc2c1cc(C(=O)Nc1cnc3c(c1)nc1n3CCC1)n2Cc1cccc(F)c1. The number of hydrogen-bond acceptors (Lipinski definition) is 3. The second-order valence-corrected chi connectivity index (χ2v) is 8.56. The molecule has 0 fully saturated rings. The fourth-order valence-corrected chi connectivity index (χ4v) is 4.75. The van der Waals surface area contributed by atoms with Gasteiger partial charge in [0.05, 0.1) is 11.9 Å². The number of carbonyl (C=O) groups is 1. The van der Waals surface area contributed by atoms with E-state index in [4.69, 9.17) is 0 Å². The third kappa shape index (κ3) is 3.36. The van der Waals surface area contributed by atoms with E-state index in [1.807, 2.05) is 47.9 Å². The van der Waals surface area contributed by atoms with Crippen LogP contribution in [0.5, 0.6) is 0 Å². The number of hydrogen-bond donors (Lipinski definition) is 1. The Morgan fingerprint density at radius 1 is 1.15 bits per heavy atom. The molecule has 4 heterocycles. The molecule has 6 nitrogen and oxygen atoms in total. The standard InChI is InChI=1S/C26H22FN5O/c1-16-5-2-8-22-20(16)13-23(32(22)15-17-6-3-7-18(27)11-17)26(33)29-19-12-21-25(28-14-19)31-10-4-9-24(31)30-21/h2-3,5-8,11-14H,4,9-10,15H2,1H3,(H,29,33). The van der Waals surface area contributed by atoms with Crippen molar-refractivity contribution in [2.45, 2.75) is 32.9 Å². The van der Waals surface area contributed by atoms with Gasteiger partial charge in [0.2, 0.25) is 0 Å². The van der Waals surface area contributed by atoms with Crippen LogP contribution in [0.3, 0.4) is 0 Å². The molecule has 0 atom stereocenters. The van der Waals surface area contributed by atoms with Crippen molar-refractivity contribution < 1.29 is 9.18 Å². The average Bonchev–Trinajstić information content (AvgIpc) is 3.48. The highest BCUT2D eigenvalue weighted by Gasteiger charge is 2.20. The number of anilines is 1. The van der Waals surface area contributed by atoms with Gasteiger partial charge in [-0.3, -0.25) is 4.79 Å². The third-order valence-corrected chi connectivity index (χ3v) is 6.33. The molecule has 0 unspecified atom stereocenters. The van der Waals surface area contributed by atoms with Gasteiger partial charge in [-0.2, -0.15) is 0 Å². The number of halogens is 1. The number of imidazole rings is 1. The molecule has 3 aromatic heterocycles. The molecule has 0 bridgehead atoms. The number of nitrogens with one attached hydrogen (secondary N) is 1. The molecule has 0 saturated heterocycles. The van der Waals surface area contributed by atoms with E-state index in [1.165, 1.54) is 12.1 Å². The molecule has 1 aliphatic rings. The predicted molar refractivity (Wildman–Crippen MR) is 126 cm³/mol. The van der Waals surface area contributed by atoms with Crippen molar-refractivity contribution in [1.29, 1.82) is 0 Å². The lowest BCUT2D eigenvalue weighted by molar-refractivity contribution is 0.101. The number of rotatable bonds is 4. The van der Waals surface area contributed by atoms with Crippen LogP contribution in [0.2, 0.25) is 0 Å². The minimum absolute atomic E-state index is 0.241. The Morgan fingerprint density at radius 2 is 2.03 bits per heavy atom. The summed E-state index contributed by atoms with van der Waals surface area (Å²) in [6.07, 6.45) is 3.73. The topological polar surface area (TPSA) is 64.7 Å². The normalized spacial score (nSPS) is 13.0. The largest absolute Gasteiger partial charge is 0.332 e. The highest BCUT2D eigenvalue weighted by molar-refractivity contribution is 6.07. The van der Waals surface area contributed by atoms with Crippen LogP contribution in [0.25, 0.3) is 22.1 Å². The quantitative estimate of drug-likeness (QED) is 0.425. The van der Waals surface area contributed by atoms with E-state index in [2.05, 4.69) is 19.9 Å². The summed E-state index contributed by atoms with van der Waals surface area (Å²) in [5.41, 5.74) is 5.56. The van der Waals surface area contributed by atoms with Gasteiger partial charge in [0.15, 0.2) is 5.65 Å². The number of pyridine rings is 1. The second kappa shape index (κ2) is 7.55. The van der Waals surface area contributed by atoms with Gasteiger partial charge in [0.1, 0.15) is 22.9 Å². The molecule has 0 saturated carbocycles. The van der Waals surface area contributed by atoms with E-state index < -0.39 is 0 Å². The summed E-state index contributed by atoms with van der Waals surface area (Å²) >= 11 is 0. The number of aromatic nitrogens is 4. The van der Waals surface area contributed by atoms with Crippen LogP contribution in [0.15, 0.2) is 60.8 Å². The molecule has 2 aromatic carbocycles. The third-order valence-electron chi connectivity index (χ3n) is 6.33. The highest BCUT2D eigenvalue weighted by Crippen LogP contribution is 2.27. The lowest BCUT2D eigenvalue weighted by Gasteiger charge is -2.12. The van der Waals surface area contributed by atoms with Crippen LogP contribution in [-0.2, 0) is 19.5 Å². The first kappa shape index (κ1) is 19.7. The van der Waals surface area contributed by atoms with Crippen molar-refractivity contribution in [3.05, 3.63) is 89.3 Å². The summed E-state index contributed by atoms with van der Waals surface area (Å²) in [6.45, 7) is 3.34. The Kier molecular flexibility index (Phi) is 4.50. The average molecular weight is 439 g/mol. The molecular formula is C26H22FN5O. The summed E-state index contributed by atoms with van der Waals surface area (Å²) in [4.78, 5) is 22.6. The fraction of sp³-hybridized carbons (Fsp3) is 0.192. The molecule has 0 spiro atoms. The summed E-state index contributed by atoms with van der Waals surface area (Å²) in [7, 11) is 0. The minimum Gasteiger partial charge on any atom is -0.332 e. The molecule has 0 radical (unpaired) electrons. The van der Waals surface area contributed by atoms with Crippen molar-refractivity contribution >= 4 is 33.7 Å². The van der Waals surface area contributed by atoms with Gasteiger partial charge in [0, 0.05) is 30.4 Å². The summed E-state index contributed by atoms with van der Waals surface area (Å²) in [5.74, 6) is 0.513. The van der Waals surface area contributed by atoms with Gasteiger partial charge in [-0.25, -0.2) is 14.4 Å². The lowest BCUT2D eigenvalue weighted by Crippen LogP contribution is -2.17. The van der Waals surface area contributed by atoms with Gasteiger partial charge >= 0.3 is 0 Å². The van der Waals surface area contributed by atoms with Crippen LogP contribution in [0.1, 0.15) is 33.9 Å². The van der Waals surface area contributed by atoms with Crippen LogP contribution in [-0.4, -0.2) is 25.0 Å². The molecule has 1 amide bonds. The molecule has 1 N–H and O–H groups in total. The minimum atomic E-state index is -0.294. The molecular weight excluding hydrogens is 417 g/mol. The van der Waals surface area contributed by atoms with Crippen LogP contribution >= 0.6 is 0 Å². The van der Waals surface area contributed by atoms with Crippen molar-refractivity contribution in [2.24, 2.45) is 0 Å². The number of aryl methyl sites for hydroxylation is 3. The van der Waals surface area contributed by atoms with Gasteiger partial charge in [-0.15, -0.1) is 0 Å². The Morgan fingerprint density at radius 3 is 2.91 bits per heavy atom. The van der Waals surface area contributed by atoms with Gasteiger partial charge in [-0.05, 0) is 54.8 Å². The first-order valence-corrected chi connectivity index (χ1v) is 11.1. The molecule has 164 valence electrons. The van der Waals surface area contributed by atoms with Crippen molar-refractivity contribution in [3.63, 3.8) is 0 Å². The maximum absolute atomic E-state index is 13.8. The van der Waals surface area contributed by atoms with E-state index in [0.29, 0.717) is 17.9 Å². The number of fused-ring (bicyclic) bond motifs is 4. The Bertz CT molecular complexity index is 1550. The van der Waals surface area contributed by atoms with Crippen molar-refractivity contribution in [2.75, 3.05) is 5.32 Å². The molecule has 1 aliphatic heterocycles. The zero-order valence-electron chi connectivity index (χ0n) is 18.2. The zero-order valence-corrected chi connectivity index (χ0v) is 18.2. The highest BCUT2D eigenvalue weighted by atomic mass is 19.1. The van der Waals surface area contributed by atoms with Crippen molar-refractivity contribution in [3.8, 4) is 0 Å². The molecule has 5 aromatic rings. The smallest absolute Gasteiger partial charge is 0.272 e. The Hall–Kier alpha value is -4.00. The van der Waals surface area contributed by atoms with E-state index in [9.17, 15) is 9.18 Å². The second-order valence-electron chi connectivity index (χ2n) is 8.56. The predicted octanol–water partition coefficient (Wildman–Crippen LogP) is 5.08. The number of benzene rings is 2. The molecule has 6 rings (SSSR count). The first-order valence-electron chi connectivity index (χ1n) is 11.1. The first-order chi connectivity index (χ1) is 16.1. The van der Waals surface area contributed by atoms with E-state index in [1.54, 1.807) is 12.3 Å². The number of carbonyl (C=O) groups excluding carboxylic acids is 1. The fourth-order valence-electron chi connectivity index (χ4n) is 4.75. The van der Waals surface area contributed by atoms with Gasteiger partial charge in [-0.1, -0.05) is 24.3 Å². The summed E-state index contributed by atoms with van der Waals surface area (Å²) in [6, 6.07) is 16.2. The number of nitrogens with zero attached hydrogens (tertiary/aromatic N) is 4. The van der Waals surface area contributed by atoms with Crippen LogP contribution in [0, 0.1) is 12.7 Å². The van der Waals surface area contributed by atoms with Crippen LogP contribution in [0.4, 0.5) is 10.1 Å². The Balaban J connectivity index is 1.38. The molecule has 33 heavy (non-hydrogen) atoms. The maximum Gasteiger partial charge on any atom is 0.272 e. The zero-order chi connectivity index (χ0) is 22.5. The van der Waals surface area contributed by atoms with E-state index in [-0.39, 0.29) is 11.7 Å². The van der Waals surface area contributed by atoms with E-state index in [0.717, 1.165) is 58.4 Å². The maximum atomic E-state index is 13.8. The number of amides is 1. The van der Waals surface area contributed by atoms with E-state index >= 15 is 0 Å². The lowest BCUT2D eigenvalue weighted by atomic mass is 10.1. The molecule has 7 heteroatoms. The van der Waals surface area contributed by atoms with Crippen molar-refractivity contribution in [1.82, 2.24) is 19.1 Å². The monoisotopic (exact) mass is 439 g/mol.